The molecule has 0 amide bonds. The normalized spacial score (nSPS) is 18.5. The largest absolute Gasteiger partial charge is 0.360 e. The molecule has 114 valence electrons. The first-order valence-corrected chi connectivity index (χ1v) is 7.76. The van der Waals surface area contributed by atoms with Gasteiger partial charge in [0.1, 0.15) is 11.8 Å². The van der Waals surface area contributed by atoms with Crippen LogP contribution in [0.2, 0.25) is 0 Å². The number of aldehydes is 1. The number of hydrogen-bond acceptors (Lipinski definition) is 2. The fraction of sp³-hybridized carbons (Fsp3) is 0.529. The maximum absolute atomic E-state index is 12.0. The SMILES string of the molecule is CNC(=N)NC(C=O)(CC1CCCCC1)c1ccccc1. The van der Waals surface area contributed by atoms with E-state index in [2.05, 4.69) is 10.6 Å². The Bertz CT molecular complexity index is 468. The zero-order chi connectivity index (χ0) is 15.1. The number of carbonyl (C=O) groups is 1. The fourth-order valence-corrected chi connectivity index (χ4v) is 3.25. The molecule has 0 bridgehead atoms. The minimum Gasteiger partial charge on any atom is -0.360 e. The maximum Gasteiger partial charge on any atom is 0.189 e. The van der Waals surface area contributed by atoms with Gasteiger partial charge in [-0.05, 0) is 17.9 Å². The Morgan fingerprint density at radius 1 is 1.29 bits per heavy atom. The molecule has 4 nitrogen and oxygen atoms in total. The third kappa shape index (κ3) is 3.84. The predicted octanol–water partition coefficient (Wildman–Crippen LogP) is 2.79. The van der Waals surface area contributed by atoms with E-state index in [9.17, 15) is 4.79 Å². The summed E-state index contributed by atoms with van der Waals surface area (Å²) in [5.74, 6) is 0.725. The smallest absolute Gasteiger partial charge is 0.189 e. The molecule has 1 aromatic rings. The van der Waals surface area contributed by atoms with Gasteiger partial charge in [-0.25, -0.2) is 0 Å². The number of nitrogens with one attached hydrogen (secondary N) is 3. The monoisotopic (exact) mass is 287 g/mol. The van der Waals surface area contributed by atoms with Crippen LogP contribution in [-0.4, -0.2) is 19.3 Å². The van der Waals surface area contributed by atoms with Crippen molar-refractivity contribution in [2.24, 2.45) is 5.92 Å². The third-order valence-electron chi connectivity index (χ3n) is 4.42. The molecule has 21 heavy (non-hydrogen) atoms. The van der Waals surface area contributed by atoms with Crippen molar-refractivity contribution in [1.29, 1.82) is 5.41 Å². The number of guanidine groups is 1. The lowest BCUT2D eigenvalue weighted by Gasteiger charge is -2.35. The maximum atomic E-state index is 12.0. The highest BCUT2D eigenvalue weighted by atomic mass is 16.1. The van der Waals surface area contributed by atoms with E-state index in [1.165, 1.54) is 32.1 Å². The number of rotatable bonds is 5. The van der Waals surface area contributed by atoms with E-state index in [0.717, 1.165) is 18.3 Å². The molecule has 3 N–H and O–H groups in total. The van der Waals surface area contributed by atoms with Gasteiger partial charge in [-0.3, -0.25) is 5.41 Å². The van der Waals surface area contributed by atoms with Crippen molar-refractivity contribution in [3.05, 3.63) is 35.9 Å². The Balaban J connectivity index is 2.26. The van der Waals surface area contributed by atoms with Crippen molar-refractivity contribution in [3.8, 4) is 0 Å². The molecule has 1 aliphatic carbocycles. The zero-order valence-electron chi connectivity index (χ0n) is 12.7. The lowest BCUT2D eigenvalue weighted by atomic mass is 9.77. The molecule has 0 aliphatic heterocycles. The Labute approximate surface area is 126 Å². The summed E-state index contributed by atoms with van der Waals surface area (Å²) in [6, 6.07) is 9.77. The van der Waals surface area contributed by atoms with Crippen LogP contribution in [0.1, 0.15) is 44.1 Å². The Kier molecular flexibility index (Phi) is 5.37. The van der Waals surface area contributed by atoms with Gasteiger partial charge in [0.15, 0.2) is 5.96 Å². The zero-order valence-corrected chi connectivity index (χ0v) is 12.7. The second-order valence-electron chi connectivity index (χ2n) is 5.91. The standard InChI is InChI=1S/C17H25N3O/c1-19-16(18)20-17(13-21,15-10-6-3-7-11-15)12-14-8-4-2-5-9-14/h3,6-7,10-11,13-14H,2,4-5,8-9,12H2,1H3,(H3,18,19,20). The number of carbonyl (C=O) groups excluding carboxylic acids is 1. The van der Waals surface area contributed by atoms with Gasteiger partial charge in [0, 0.05) is 7.05 Å². The van der Waals surface area contributed by atoms with Gasteiger partial charge in [0.05, 0.1) is 0 Å². The van der Waals surface area contributed by atoms with Crippen LogP contribution >= 0.6 is 0 Å². The molecular formula is C17H25N3O. The summed E-state index contributed by atoms with van der Waals surface area (Å²) in [5, 5.41) is 13.8. The summed E-state index contributed by atoms with van der Waals surface area (Å²) >= 11 is 0. The van der Waals surface area contributed by atoms with Gasteiger partial charge in [-0.15, -0.1) is 0 Å². The van der Waals surface area contributed by atoms with Crippen LogP contribution in [0, 0.1) is 11.3 Å². The molecular weight excluding hydrogens is 262 g/mol. The summed E-state index contributed by atoms with van der Waals surface area (Å²) < 4.78 is 0. The average molecular weight is 287 g/mol. The third-order valence-corrected chi connectivity index (χ3v) is 4.42. The first kappa shape index (κ1) is 15.5. The van der Waals surface area contributed by atoms with E-state index in [4.69, 9.17) is 5.41 Å². The van der Waals surface area contributed by atoms with Gasteiger partial charge < -0.3 is 15.4 Å². The highest BCUT2D eigenvalue weighted by Gasteiger charge is 2.35. The van der Waals surface area contributed by atoms with Gasteiger partial charge in [0.25, 0.3) is 0 Å². The van der Waals surface area contributed by atoms with Gasteiger partial charge in [-0.2, -0.15) is 0 Å². The summed E-state index contributed by atoms with van der Waals surface area (Å²) in [6.07, 6.45) is 7.88. The predicted molar refractivity (Wildman–Crippen MR) is 85.3 cm³/mol. The van der Waals surface area contributed by atoms with E-state index in [0.29, 0.717) is 5.92 Å². The van der Waals surface area contributed by atoms with E-state index in [-0.39, 0.29) is 5.96 Å². The van der Waals surface area contributed by atoms with E-state index < -0.39 is 5.54 Å². The molecule has 0 saturated heterocycles. The second kappa shape index (κ2) is 7.25. The van der Waals surface area contributed by atoms with E-state index in [1.54, 1.807) is 7.05 Å². The summed E-state index contributed by atoms with van der Waals surface area (Å²) in [6.45, 7) is 0. The lowest BCUT2D eigenvalue weighted by Crippen LogP contribution is -2.51. The number of benzene rings is 1. The van der Waals surface area contributed by atoms with Crippen molar-refractivity contribution in [2.75, 3.05) is 7.05 Å². The first-order valence-electron chi connectivity index (χ1n) is 7.76. The molecule has 1 aromatic carbocycles. The molecule has 1 aliphatic rings. The van der Waals surface area contributed by atoms with Crippen LogP contribution in [0.15, 0.2) is 30.3 Å². The van der Waals surface area contributed by atoms with Gasteiger partial charge in [0.2, 0.25) is 0 Å². The van der Waals surface area contributed by atoms with Crippen LogP contribution in [0.3, 0.4) is 0 Å². The van der Waals surface area contributed by atoms with Crippen molar-refractivity contribution in [1.82, 2.24) is 10.6 Å². The highest BCUT2D eigenvalue weighted by molar-refractivity contribution is 5.82. The summed E-state index contributed by atoms with van der Waals surface area (Å²) in [7, 11) is 1.69. The summed E-state index contributed by atoms with van der Waals surface area (Å²) in [4.78, 5) is 12.0. The second-order valence-corrected chi connectivity index (χ2v) is 5.91. The fourth-order valence-electron chi connectivity index (χ4n) is 3.25. The molecule has 0 heterocycles. The van der Waals surface area contributed by atoms with Gasteiger partial charge in [-0.1, -0.05) is 62.4 Å². The van der Waals surface area contributed by atoms with E-state index >= 15 is 0 Å². The van der Waals surface area contributed by atoms with Crippen LogP contribution in [-0.2, 0) is 10.3 Å². The highest BCUT2D eigenvalue weighted by Crippen LogP contribution is 2.34. The average Bonchev–Trinajstić information content (AvgIpc) is 2.55. The minimum absolute atomic E-state index is 0.182. The molecule has 1 saturated carbocycles. The first-order chi connectivity index (χ1) is 10.2. The molecule has 2 rings (SSSR count). The molecule has 0 spiro atoms. The van der Waals surface area contributed by atoms with Crippen molar-refractivity contribution in [3.63, 3.8) is 0 Å². The van der Waals surface area contributed by atoms with Crippen molar-refractivity contribution < 1.29 is 4.79 Å². The quantitative estimate of drug-likeness (QED) is 0.443. The molecule has 1 fully saturated rings. The molecule has 4 heteroatoms. The molecule has 0 aromatic heterocycles. The van der Waals surface area contributed by atoms with Crippen molar-refractivity contribution in [2.45, 2.75) is 44.1 Å². The van der Waals surface area contributed by atoms with Gasteiger partial charge >= 0.3 is 0 Å². The van der Waals surface area contributed by atoms with Crippen LogP contribution < -0.4 is 10.6 Å². The Morgan fingerprint density at radius 2 is 1.95 bits per heavy atom. The molecule has 1 atom stereocenters. The van der Waals surface area contributed by atoms with Crippen LogP contribution in [0.4, 0.5) is 0 Å². The minimum atomic E-state index is -0.802. The molecule has 0 radical (unpaired) electrons. The summed E-state index contributed by atoms with van der Waals surface area (Å²) in [5.41, 5.74) is 0.133. The number of hydrogen-bond donors (Lipinski definition) is 3. The van der Waals surface area contributed by atoms with Crippen molar-refractivity contribution >= 4 is 12.2 Å². The Hall–Kier alpha value is -1.84. The lowest BCUT2D eigenvalue weighted by molar-refractivity contribution is -0.114. The topological polar surface area (TPSA) is 65.0 Å². The Morgan fingerprint density at radius 3 is 2.52 bits per heavy atom. The molecule has 1 unspecified atom stereocenters. The van der Waals surface area contributed by atoms with Crippen LogP contribution in [0.5, 0.6) is 0 Å². The van der Waals surface area contributed by atoms with Crippen LogP contribution in [0.25, 0.3) is 0 Å². The van der Waals surface area contributed by atoms with E-state index in [1.807, 2.05) is 30.3 Å².